The van der Waals surface area contributed by atoms with Gasteiger partial charge in [-0.25, -0.2) is 4.39 Å². The van der Waals surface area contributed by atoms with Crippen molar-refractivity contribution in [2.45, 2.75) is 27.3 Å². The summed E-state index contributed by atoms with van der Waals surface area (Å²) in [7, 11) is 0. The molecule has 0 radical (unpaired) electrons. The predicted molar refractivity (Wildman–Crippen MR) is 101 cm³/mol. The number of aryl methyl sites for hydroxylation is 1. The molecule has 2 aromatic heterocycles. The largest absolute Gasteiger partial charge is 0.354 e. The smallest absolute Gasteiger partial charge is 0.275 e. The van der Waals surface area contributed by atoms with Gasteiger partial charge in [-0.2, -0.15) is 0 Å². The Balaban J connectivity index is 2.04. The van der Waals surface area contributed by atoms with E-state index in [0.717, 1.165) is 0 Å². The van der Waals surface area contributed by atoms with Crippen LogP contribution < -0.4 is 4.90 Å². The van der Waals surface area contributed by atoms with Gasteiger partial charge in [-0.3, -0.25) is 14.6 Å². The number of aromatic amines is 1. The summed E-state index contributed by atoms with van der Waals surface area (Å²) in [6.45, 7) is 5.21. The fourth-order valence-electron chi connectivity index (χ4n) is 3.18. The zero-order chi connectivity index (χ0) is 19.6. The quantitative estimate of drug-likeness (QED) is 0.689. The number of carbonyl (C=O) groups excluding carboxylic acids is 2. The minimum Gasteiger partial charge on any atom is -0.354 e. The lowest BCUT2D eigenvalue weighted by Crippen LogP contribution is -2.31. The van der Waals surface area contributed by atoms with Crippen molar-refractivity contribution in [2.24, 2.45) is 0 Å². The fraction of sp³-hybridized carbons (Fsp3) is 0.190. The average Bonchev–Trinajstić information content (AvgIpc) is 2.95. The second-order valence-electron chi connectivity index (χ2n) is 6.37. The maximum atomic E-state index is 13.4. The topological polar surface area (TPSA) is 66.1 Å². The van der Waals surface area contributed by atoms with Crippen LogP contribution in [0.2, 0.25) is 0 Å². The molecular formula is C21H20FN3O2. The number of anilines is 1. The molecule has 0 atom stereocenters. The zero-order valence-corrected chi connectivity index (χ0v) is 15.4. The maximum absolute atomic E-state index is 13.4. The third-order valence-corrected chi connectivity index (χ3v) is 4.43. The van der Waals surface area contributed by atoms with Gasteiger partial charge in [-0.1, -0.05) is 6.07 Å². The van der Waals surface area contributed by atoms with E-state index in [-0.39, 0.29) is 24.1 Å². The highest BCUT2D eigenvalue weighted by atomic mass is 19.1. The van der Waals surface area contributed by atoms with E-state index in [2.05, 4.69) is 9.97 Å². The van der Waals surface area contributed by atoms with Crippen molar-refractivity contribution in [1.29, 1.82) is 0 Å². The number of H-pyrrole nitrogens is 1. The van der Waals surface area contributed by atoms with Crippen LogP contribution in [0.25, 0.3) is 0 Å². The number of pyridine rings is 1. The second-order valence-corrected chi connectivity index (χ2v) is 6.37. The molecule has 1 aromatic carbocycles. The summed E-state index contributed by atoms with van der Waals surface area (Å²) in [5.41, 5.74) is 3.37. The Morgan fingerprint density at radius 2 is 1.81 bits per heavy atom. The number of rotatable bonds is 5. The first kappa shape index (κ1) is 18.5. The number of nitrogens with zero attached hydrogens (tertiary/aromatic N) is 2. The van der Waals surface area contributed by atoms with Gasteiger partial charge in [0.15, 0.2) is 5.78 Å². The van der Waals surface area contributed by atoms with Crippen LogP contribution in [0.5, 0.6) is 0 Å². The molecule has 0 saturated carbocycles. The number of Topliss-reactive ketones (excluding diaryl/α,β-unsaturated/α-hetero) is 1. The Kier molecular flexibility index (Phi) is 5.16. The molecule has 5 nitrogen and oxygen atoms in total. The Morgan fingerprint density at radius 1 is 1.11 bits per heavy atom. The number of halogens is 1. The predicted octanol–water partition coefficient (Wildman–Crippen LogP) is 4.22. The first-order chi connectivity index (χ1) is 12.9. The summed E-state index contributed by atoms with van der Waals surface area (Å²) in [5.74, 6) is -0.784. The lowest BCUT2D eigenvalue weighted by atomic mass is 10.1. The van der Waals surface area contributed by atoms with E-state index in [4.69, 9.17) is 0 Å². The van der Waals surface area contributed by atoms with E-state index in [0.29, 0.717) is 33.9 Å². The highest BCUT2D eigenvalue weighted by Gasteiger charge is 2.25. The summed E-state index contributed by atoms with van der Waals surface area (Å²) in [6.07, 6.45) is 1.65. The van der Waals surface area contributed by atoms with Crippen molar-refractivity contribution < 1.29 is 14.0 Å². The lowest BCUT2D eigenvalue weighted by molar-refractivity contribution is 0.0979. The summed E-state index contributed by atoms with van der Waals surface area (Å²) in [4.78, 5) is 34.0. The molecule has 2 heterocycles. The number of aromatic nitrogens is 2. The van der Waals surface area contributed by atoms with Gasteiger partial charge in [0.1, 0.15) is 11.5 Å². The fourth-order valence-corrected chi connectivity index (χ4v) is 3.18. The van der Waals surface area contributed by atoms with Crippen molar-refractivity contribution in [2.75, 3.05) is 4.90 Å². The van der Waals surface area contributed by atoms with E-state index >= 15 is 0 Å². The van der Waals surface area contributed by atoms with E-state index < -0.39 is 0 Å². The van der Waals surface area contributed by atoms with Gasteiger partial charge in [0.25, 0.3) is 5.91 Å². The van der Waals surface area contributed by atoms with E-state index in [9.17, 15) is 14.0 Å². The Morgan fingerprint density at radius 3 is 2.37 bits per heavy atom. The number of nitrogens with one attached hydrogen (secondary N) is 1. The molecule has 3 rings (SSSR count). The lowest BCUT2D eigenvalue weighted by Gasteiger charge is -2.22. The second kappa shape index (κ2) is 7.53. The SMILES string of the molecule is CC(=O)c1c(C)[nH]c(C(=O)N(Cc2ccccn2)c2ccc(F)cc2)c1C. The van der Waals surface area contributed by atoms with E-state index in [1.807, 2.05) is 12.1 Å². The molecule has 0 spiro atoms. The van der Waals surface area contributed by atoms with Gasteiger partial charge >= 0.3 is 0 Å². The summed E-state index contributed by atoms with van der Waals surface area (Å²) in [5, 5.41) is 0. The standard InChI is InChI=1S/C21H20FN3O2/c1-13-19(15(3)26)14(2)24-20(13)21(27)25(12-17-6-4-5-11-23-17)18-9-7-16(22)8-10-18/h4-11,24H,12H2,1-3H3. The summed E-state index contributed by atoms with van der Waals surface area (Å²) in [6, 6.07) is 11.2. The van der Waals surface area contributed by atoms with Crippen LogP contribution in [-0.2, 0) is 6.54 Å². The average molecular weight is 365 g/mol. The molecule has 0 unspecified atom stereocenters. The number of amides is 1. The van der Waals surface area contributed by atoms with Gasteiger partial charge in [0, 0.05) is 23.1 Å². The molecule has 1 amide bonds. The van der Waals surface area contributed by atoms with Crippen LogP contribution in [0.4, 0.5) is 10.1 Å². The van der Waals surface area contributed by atoms with Crippen LogP contribution >= 0.6 is 0 Å². The highest BCUT2D eigenvalue weighted by molar-refractivity contribution is 6.08. The number of benzene rings is 1. The molecule has 1 N–H and O–H groups in total. The van der Waals surface area contributed by atoms with Crippen LogP contribution in [0, 0.1) is 19.7 Å². The first-order valence-electron chi connectivity index (χ1n) is 8.56. The molecule has 0 aliphatic carbocycles. The number of hydrogen-bond donors (Lipinski definition) is 1. The highest BCUT2D eigenvalue weighted by Crippen LogP contribution is 2.24. The molecule has 3 aromatic rings. The minimum atomic E-state index is -0.380. The van der Waals surface area contributed by atoms with E-state index in [1.165, 1.54) is 24.0 Å². The third kappa shape index (κ3) is 3.79. The molecule has 0 aliphatic heterocycles. The molecule has 27 heavy (non-hydrogen) atoms. The normalized spacial score (nSPS) is 10.7. The van der Waals surface area contributed by atoms with Gasteiger partial charge in [0.2, 0.25) is 0 Å². The zero-order valence-electron chi connectivity index (χ0n) is 15.4. The molecule has 0 aliphatic rings. The van der Waals surface area contributed by atoms with Crippen molar-refractivity contribution in [3.8, 4) is 0 Å². The van der Waals surface area contributed by atoms with Gasteiger partial charge in [0.05, 0.1) is 12.2 Å². The number of ketones is 1. The Bertz CT molecular complexity index is 979. The van der Waals surface area contributed by atoms with Crippen molar-refractivity contribution in [3.05, 3.63) is 82.7 Å². The molecule has 0 saturated heterocycles. The van der Waals surface area contributed by atoms with E-state index in [1.54, 1.807) is 38.2 Å². The van der Waals surface area contributed by atoms with Gasteiger partial charge < -0.3 is 9.88 Å². The van der Waals surface area contributed by atoms with Crippen LogP contribution in [0.3, 0.4) is 0 Å². The molecular weight excluding hydrogens is 345 g/mol. The van der Waals surface area contributed by atoms with Gasteiger partial charge in [-0.05, 0) is 62.7 Å². The number of hydrogen-bond acceptors (Lipinski definition) is 3. The molecule has 0 fully saturated rings. The monoisotopic (exact) mass is 365 g/mol. The molecule has 6 heteroatoms. The van der Waals surface area contributed by atoms with Crippen molar-refractivity contribution in [3.63, 3.8) is 0 Å². The molecule has 0 bridgehead atoms. The minimum absolute atomic E-state index is 0.0987. The maximum Gasteiger partial charge on any atom is 0.275 e. The molecule has 138 valence electrons. The third-order valence-electron chi connectivity index (χ3n) is 4.43. The first-order valence-corrected chi connectivity index (χ1v) is 8.56. The van der Waals surface area contributed by atoms with Crippen LogP contribution in [0.1, 0.15) is 44.7 Å². The number of carbonyl (C=O) groups is 2. The Labute approximate surface area is 156 Å². The Hall–Kier alpha value is -3.28. The summed E-state index contributed by atoms with van der Waals surface area (Å²) < 4.78 is 13.4. The van der Waals surface area contributed by atoms with Crippen LogP contribution in [-0.4, -0.2) is 21.7 Å². The van der Waals surface area contributed by atoms with Crippen LogP contribution in [0.15, 0.2) is 48.7 Å². The summed E-state index contributed by atoms with van der Waals surface area (Å²) >= 11 is 0. The van der Waals surface area contributed by atoms with Crippen molar-refractivity contribution in [1.82, 2.24) is 9.97 Å². The van der Waals surface area contributed by atoms with Crippen molar-refractivity contribution >= 4 is 17.4 Å². The van der Waals surface area contributed by atoms with Gasteiger partial charge in [-0.15, -0.1) is 0 Å².